The molecule has 0 aliphatic carbocycles. The van der Waals surface area contributed by atoms with E-state index in [0.29, 0.717) is 6.54 Å². The highest BCUT2D eigenvalue weighted by molar-refractivity contribution is 5.86. The smallest absolute Gasteiger partial charge is 0.408 e. The molecule has 0 heterocycles. The lowest BCUT2D eigenvalue weighted by atomic mass is 9.82. The number of carbonyl (C=O) groups excluding carboxylic acids is 2. The molecule has 2 N–H and O–H groups in total. The van der Waals surface area contributed by atoms with Crippen LogP contribution in [0.1, 0.15) is 36.5 Å². The Kier molecular flexibility index (Phi) is 9.09. The molecule has 0 saturated carbocycles. The minimum atomic E-state index is -0.819. The van der Waals surface area contributed by atoms with E-state index in [1.165, 1.54) is 0 Å². The minimum absolute atomic E-state index is 0.0651. The summed E-state index contributed by atoms with van der Waals surface area (Å²) in [5.41, 5.74) is 2.78. The van der Waals surface area contributed by atoms with Crippen LogP contribution < -0.4 is 15.4 Å². The van der Waals surface area contributed by atoms with Gasteiger partial charge in [-0.3, -0.25) is 4.79 Å². The lowest BCUT2D eigenvalue weighted by molar-refractivity contribution is -0.124. The molecule has 0 bridgehead atoms. The molecule has 3 rings (SSSR count). The first-order chi connectivity index (χ1) is 16.5. The van der Waals surface area contributed by atoms with E-state index in [9.17, 15) is 9.59 Å². The lowest BCUT2D eigenvalue weighted by Crippen LogP contribution is -2.51. The van der Waals surface area contributed by atoms with E-state index in [4.69, 9.17) is 9.47 Å². The Bertz CT molecular complexity index is 1040. The Labute approximate surface area is 201 Å². The number of ether oxygens (including phenoxy) is 2. The molecule has 0 spiro atoms. The second-order valence-corrected chi connectivity index (χ2v) is 8.43. The fourth-order valence-electron chi connectivity index (χ4n) is 3.89. The van der Waals surface area contributed by atoms with Crippen molar-refractivity contribution >= 4 is 12.0 Å². The van der Waals surface area contributed by atoms with Crippen LogP contribution in [0.15, 0.2) is 84.9 Å². The van der Waals surface area contributed by atoms with Gasteiger partial charge in [0.25, 0.3) is 0 Å². The van der Waals surface area contributed by atoms with Gasteiger partial charge < -0.3 is 20.1 Å². The van der Waals surface area contributed by atoms with Crippen LogP contribution in [0, 0.1) is 5.92 Å². The van der Waals surface area contributed by atoms with Crippen molar-refractivity contribution in [2.24, 2.45) is 5.92 Å². The molecule has 6 nitrogen and oxygen atoms in total. The number of hydrogen-bond donors (Lipinski definition) is 2. The molecule has 0 aromatic heterocycles. The zero-order valence-electron chi connectivity index (χ0n) is 19.9. The van der Waals surface area contributed by atoms with Crippen LogP contribution in [-0.2, 0) is 22.7 Å². The Balaban J connectivity index is 1.79. The zero-order chi connectivity index (χ0) is 24.3. The average Bonchev–Trinajstić information content (AvgIpc) is 2.87. The highest BCUT2D eigenvalue weighted by Gasteiger charge is 2.33. The second-order valence-electron chi connectivity index (χ2n) is 8.43. The first-order valence-electron chi connectivity index (χ1n) is 11.4. The van der Waals surface area contributed by atoms with E-state index in [2.05, 4.69) is 10.6 Å². The summed E-state index contributed by atoms with van der Waals surface area (Å²) in [7, 11) is 1.61. The summed E-state index contributed by atoms with van der Waals surface area (Å²) < 4.78 is 10.7. The van der Waals surface area contributed by atoms with Gasteiger partial charge in [0, 0.05) is 12.5 Å². The molecule has 2 atom stereocenters. The Hall–Kier alpha value is -3.80. The van der Waals surface area contributed by atoms with Crippen LogP contribution in [0.2, 0.25) is 0 Å². The van der Waals surface area contributed by atoms with Gasteiger partial charge in [0.15, 0.2) is 0 Å². The maximum atomic E-state index is 13.4. The van der Waals surface area contributed by atoms with Crippen molar-refractivity contribution < 1.29 is 19.1 Å². The van der Waals surface area contributed by atoms with Gasteiger partial charge in [-0.25, -0.2) is 4.79 Å². The van der Waals surface area contributed by atoms with Gasteiger partial charge in [0.05, 0.1) is 7.11 Å². The summed E-state index contributed by atoms with van der Waals surface area (Å²) in [6, 6.07) is 25.8. The standard InChI is InChI=1S/C28H32N2O4/c1-20(2)25(23-14-16-24(33-3)17-15-23)26(27(31)29-18-21-10-6-4-7-11-21)30-28(32)34-19-22-12-8-5-9-13-22/h4-17,20,25-26H,18-19H2,1-3H3,(H,29,31)(H,30,32)/t25-,26-/m0/s1. The largest absolute Gasteiger partial charge is 0.497 e. The lowest BCUT2D eigenvalue weighted by Gasteiger charge is -2.30. The molecule has 0 radical (unpaired) electrons. The van der Waals surface area contributed by atoms with Crippen LogP contribution in [-0.4, -0.2) is 25.2 Å². The fourth-order valence-corrected chi connectivity index (χ4v) is 3.89. The summed E-state index contributed by atoms with van der Waals surface area (Å²) in [6.45, 7) is 4.55. The van der Waals surface area contributed by atoms with Crippen molar-refractivity contribution in [3.63, 3.8) is 0 Å². The number of alkyl carbamates (subject to hydrolysis) is 1. The molecule has 34 heavy (non-hydrogen) atoms. The molecule has 0 aliphatic heterocycles. The van der Waals surface area contributed by atoms with Crippen molar-refractivity contribution in [2.45, 2.75) is 39.0 Å². The Morgan fingerprint density at radius 2 is 1.41 bits per heavy atom. The van der Waals surface area contributed by atoms with Crippen molar-refractivity contribution in [3.8, 4) is 5.75 Å². The second kappa shape index (κ2) is 12.4. The highest BCUT2D eigenvalue weighted by Crippen LogP contribution is 2.30. The van der Waals surface area contributed by atoms with E-state index in [1.54, 1.807) is 7.11 Å². The van der Waals surface area contributed by atoms with Gasteiger partial charge in [-0.15, -0.1) is 0 Å². The summed E-state index contributed by atoms with van der Waals surface area (Å²) >= 11 is 0. The van der Waals surface area contributed by atoms with Gasteiger partial charge in [0.2, 0.25) is 5.91 Å². The summed E-state index contributed by atoms with van der Waals surface area (Å²) in [6.07, 6.45) is -0.636. The summed E-state index contributed by atoms with van der Waals surface area (Å²) in [5, 5.41) is 5.80. The van der Waals surface area contributed by atoms with Crippen molar-refractivity contribution in [3.05, 3.63) is 102 Å². The van der Waals surface area contributed by atoms with Gasteiger partial charge in [-0.2, -0.15) is 0 Å². The number of hydrogen-bond acceptors (Lipinski definition) is 4. The van der Waals surface area contributed by atoms with Gasteiger partial charge >= 0.3 is 6.09 Å². The van der Waals surface area contributed by atoms with E-state index >= 15 is 0 Å². The molecule has 0 aliphatic rings. The fraction of sp³-hybridized carbons (Fsp3) is 0.286. The van der Waals surface area contributed by atoms with E-state index in [-0.39, 0.29) is 24.3 Å². The number of rotatable bonds is 10. The average molecular weight is 461 g/mol. The predicted molar refractivity (Wildman–Crippen MR) is 132 cm³/mol. The number of amides is 2. The molecule has 178 valence electrons. The molecule has 2 amide bonds. The SMILES string of the molecule is COc1ccc([C@H](C(C)C)[C@H](NC(=O)OCc2ccccc2)C(=O)NCc2ccccc2)cc1. The van der Waals surface area contributed by atoms with E-state index in [1.807, 2.05) is 98.8 Å². The Morgan fingerprint density at radius 3 is 1.97 bits per heavy atom. The molecular weight excluding hydrogens is 428 g/mol. The first-order valence-corrected chi connectivity index (χ1v) is 11.4. The number of nitrogens with one attached hydrogen (secondary N) is 2. The zero-order valence-corrected chi connectivity index (χ0v) is 19.9. The van der Waals surface area contributed by atoms with Gasteiger partial charge in [-0.05, 0) is 34.7 Å². The monoisotopic (exact) mass is 460 g/mol. The van der Waals surface area contributed by atoms with Crippen molar-refractivity contribution in [1.29, 1.82) is 0 Å². The quantitative estimate of drug-likeness (QED) is 0.444. The topological polar surface area (TPSA) is 76.7 Å². The molecule has 0 unspecified atom stereocenters. The highest BCUT2D eigenvalue weighted by atomic mass is 16.5. The van der Waals surface area contributed by atoms with Crippen LogP contribution >= 0.6 is 0 Å². The maximum Gasteiger partial charge on any atom is 0.408 e. The molecule has 6 heteroatoms. The minimum Gasteiger partial charge on any atom is -0.497 e. The molecule has 0 fully saturated rings. The number of benzene rings is 3. The Morgan fingerprint density at radius 1 is 0.824 bits per heavy atom. The number of carbonyl (C=O) groups is 2. The third-order valence-electron chi connectivity index (χ3n) is 5.66. The van der Waals surface area contributed by atoms with E-state index in [0.717, 1.165) is 22.4 Å². The summed E-state index contributed by atoms with van der Waals surface area (Å²) in [4.78, 5) is 26.1. The third-order valence-corrected chi connectivity index (χ3v) is 5.66. The van der Waals surface area contributed by atoms with Crippen molar-refractivity contribution in [2.75, 3.05) is 7.11 Å². The normalized spacial score (nSPS) is 12.5. The van der Waals surface area contributed by atoms with Crippen LogP contribution in [0.3, 0.4) is 0 Å². The molecule has 0 saturated heterocycles. The van der Waals surface area contributed by atoms with Crippen LogP contribution in [0.5, 0.6) is 5.75 Å². The molecule has 3 aromatic rings. The summed E-state index contributed by atoms with van der Waals surface area (Å²) in [5.74, 6) is 0.253. The van der Waals surface area contributed by atoms with Gasteiger partial charge in [0.1, 0.15) is 18.4 Å². The van der Waals surface area contributed by atoms with Crippen LogP contribution in [0.25, 0.3) is 0 Å². The molecule has 3 aromatic carbocycles. The first kappa shape index (κ1) is 24.8. The van der Waals surface area contributed by atoms with Gasteiger partial charge in [-0.1, -0.05) is 86.6 Å². The molecular formula is C28H32N2O4. The number of methoxy groups -OCH3 is 1. The predicted octanol–water partition coefficient (Wildman–Crippen LogP) is 5.05. The van der Waals surface area contributed by atoms with Crippen molar-refractivity contribution in [1.82, 2.24) is 10.6 Å². The third kappa shape index (κ3) is 7.10. The maximum absolute atomic E-state index is 13.4. The van der Waals surface area contributed by atoms with E-state index < -0.39 is 12.1 Å². The van der Waals surface area contributed by atoms with Crippen LogP contribution in [0.4, 0.5) is 4.79 Å².